The van der Waals surface area contributed by atoms with E-state index < -0.39 is 51.5 Å². The Morgan fingerprint density at radius 1 is 1.03 bits per heavy atom. The molecule has 3 heterocycles. The number of non-ortho nitro benzene ring substituents is 1. The Balaban J connectivity index is 1.83. The molecule has 3 atom stereocenters. The Labute approximate surface area is 213 Å². The van der Waals surface area contributed by atoms with Gasteiger partial charge in [0.1, 0.15) is 12.1 Å². The molecule has 3 aliphatic heterocycles. The highest BCUT2D eigenvalue weighted by Gasteiger charge is 2.75. The van der Waals surface area contributed by atoms with Crippen LogP contribution in [0.5, 0.6) is 0 Å². The molecule has 10 heteroatoms. The number of nitro groups is 1. The summed E-state index contributed by atoms with van der Waals surface area (Å²) in [5.74, 6) is -4.51. The Hall–Kier alpha value is -4.08. The van der Waals surface area contributed by atoms with Crippen LogP contribution in [0.2, 0.25) is 0 Å². The second kappa shape index (κ2) is 7.96. The zero-order valence-electron chi connectivity index (χ0n) is 21.1. The summed E-state index contributed by atoms with van der Waals surface area (Å²) in [6.07, 6.45) is 1.60. The first-order valence-electron chi connectivity index (χ1n) is 12.0. The topological polar surface area (TPSA) is 128 Å². The van der Waals surface area contributed by atoms with Crippen molar-refractivity contribution in [2.24, 2.45) is 15.9 Å². The number of nitrogens with zero attached hydrogens (tertiary/aromatic N) is 3. The summed E-state index contributed by atoms with van der Waals surface area (Å²) in [6.45, 7) is 8.20. The monoisotopic (exact) mass is 505 g/mol. The van der Waals surface area contributed by atoms with Gasteiger partial charge in [0, 0.05) is 37.3 Å². The first kappa shape index (κ1) is 24.6. The van der Waals surface area contributed by atoms with Crippen LogP contribution in [0.15, 0.2) is 53.6 Å². The molecule has 0 amide bonds. The normalized spacial score (nSPS) is 25.2. The highest BCUT2D eigenvalue weighted by molar-refractivity contribution is 6.07. The van der Waals surface area contributed by atoms with E-state index in [1.165, 1.54) is 43.1 Å². The van der Waals surface area contributed by atoms with Crippen LogP contribution in [0.1, 0.15) is 63.3 Å². The van der Waals surface area contributed by atoms with E-state index in [1.54, 1.807) is 39.1 Å². The van der Waals surface area contributed by atoms with E-state index in [0.717, 1.165) is 0 Å². The van der Waals surface area contributed by atoms with Gasteiger partial charge in [-0.05, 0) is 16.7 Å². The molecule has 0 N–H and O–H groups in total. The average molecular weight is 506 g/mol. The van der Waals surface area contributed by atoms with Crippen LogP contribution in [0.3, 0.4) is 0 Å². The molecule has 1 spiro atoms. The maximum atomic E-state index is 14.1. The number of fused-ring (bicyclic) bond motifs is 4. The minimum atomic E-state index is -1.99. The number of cyclic esters (lactones) is 2. The Kier molecular flexibility index (Phi) is 5.29. The van der Waals surface area contributed by atoms with Gasteiger partial charge in [0.05, 0.1) is 11.1 Å². The second-order valence-corrected chi connectivity index (χ2v) is 11.1. The van der Waals surface area contributed by atoms with Gasteiger partial charge in [0.15, 0.2) is 5.78 Å². The summed E-state index contributed by atoms with van der Waals surface area (Å²) in [4.78, 5) is 52.9. The highest BCUT2D eigenvalue weighted by atomic mass is 16.7. The number of Topliss-reactive ketones (excluding diaryl/α,β-unsaturated/α-hetero) is 1. The van der Waals surface area contributed by atoms with Crippen LogP contribution in [-0.4, -0.2) is 45.7 Å². The number of ether oxygens (including phenoxy) is 2. The van der Waals surface area contributed by atoms with Gasteiger partial charge in [-0.3, -0.25) is 29.5 Å². The van der Waals surface area contributed by atoms with Gasteiger partial charge < -0.3 is 9.47 Å². The van der Waals surface area contributed by atoms with Crippen molar-refractivity contribution >= 4 is 29.6 Å². The van der Waals surface area contributed by atoms with E-state index in [1.807, 2.05) is 12.1 Å². The van der Waals surface area contributed by atoms with E-state index in [4.69, 9.17) is 9.47 Å². The number of esters is 2. The van der Waals surface area contributed by atoms with Crippen LogP contribution in [0.25, 0.3) is 0 Å². The predicted octanol–water partition coefficient (Wildman–Crippen LogP) is 3.89. The van der Waals surface area contributed by atoms with Gasteiger partial charge in [0.25, 0.3) is 11.5 Å². The zero-order valence-corrected chi connectivity index (χ0v) is 21.1. The maximum Gasteiger partial charge on any atom is 0.330 e. The average Bonchev–Trinajstić information content (AvgIpc) is 3.13. The summed E-state index contributed by atoms with van der Waals surface area (Å²) in [6, 6.07) is 10.7. The van der Waals surface area contributed by atoms with Crippen LogP contribution >= 0.6 is 0 Å². The molecule has 192 valence electrons. The van der Waals surface area contributed by atoms with Gasteiger partial charge in [-0.1, -0.05) is 57.2 Å². The highest BCUT2D eigenvalue weighted by Crippen LogP contribution is 2.63. The molecule has 0 unspecified atom stereocenters. The zero-order chi connectivity index (χ0) is 26.9. The third kappa shape index (κ3) is 3.53. The smallest absolute Gasteiger partial charge is 0.330 e. The van der Waals surface area contributed by atoms with Crippen molar-refractivity contribution in [3.05, 3.63) is 75.3 Å². The molecule has 2 aromatic rings. The van der Waals surface area contributed by atoms with Gasteiger partial charge in [-0.25, -0.2) is 0 Å². The van der Waals surface area contributed by atoms with E-state index in [0.29, 0.717) is 16.7 Å². The fourth-order valence-electron chi connectivity index (χ4n) is 5.63. The molecule has 0 bridgehead atoms. The van der Waals surface area contributed by atoms with Gasteiger partial charge in [-0.15, -0.1) is 0 Å². The summed E-state index contributed by atoms with van der Waals surface area (Å²) in [7, 11) is 0. The lowest BCUT2D eigenvalue weighted by Gasteiger charge is -2.44. The predicted molar refractivity (Wildman–Crippen MR) is 131 cm³/mol. The van der Waals surface area contributed by atoms with Crippen molar-refractivity contribution in [2.75, 3.05) is 0 Å². The number of hydrazone groups is 1. The molecule has 2 fully saturated rings. The van der Waals surface area contributed by atoms with Crippen molar-refractivity contribution < 1.29 is 28.8 Å². The fourth-order valence-corrected chi connectivity index (χ4v) is 5.63. The molecule has 0 aliphatic carbocycles. The van der Waals surface area contributed by atoms with Gasteiger partial charge in [-0.2, -0.15) is 5.10 Å². The first-order valence-corrected chi connectivity index (χ1v) is 12.0. The van der Waals surface area contributed by atoms with Crippen LogP contribution in [0, 0.1) is 20.9 Å². The van der Waals surface area contributed by atoms with E-state index in [9.17, 15) is 24.5 Å². The quantitative estimate of drug-likeness (QED) is 0.266. The minimum Gasteiger partial charge on any atom is -0.422 e. The van der Waals surface area contributed by atoms with Crippen molar-refractivity contribution in [3.8, 4) is 0 Å². The summed E-state index contributed by atoms with van der Waals surface area (Å²) in [5, 5.41) is 17.4. The van der Waals surface area contributed by atoms with Crippen molar-refractivity contribution in [1.29, 1.82) is 0 Å². The lowest BCUT2D eigenvalue weighted by Crippen LogP contribution is -2.58. The van der Waals surface area contributed by atoms with E-state index in [2.05, 4.69) is 5.10 Å². The van der Waals surface area contributed by atoms with Crippen LogP contribution in [-0.2, 0) is 23.9 Å². The molecule has 37 heavy (non-hydrogen) atoms. The number of hydrogen-bond donors (Lipinski definition) is 0. The Morgan fingerprint density at radius 3 is 2.19 bits per heavy atom. The standard InChI is InChI=1S/C27H27N3O7/c1-25(2,3)22(31)20-19(15-10-12-17(13-11-15)30(34)35)27(23(32)36-26(4,5)37-24(27)33)21-18-9-7-6-8-16(18)14-28-29(20)21/h6-14,19-21H,1-5H3/t19-,20+,21+/m1/s1. The van der Waals surface area contributed by atoms with E-state index >= 15 is 0 Å². The van der Waals surface area contributed by atoms with Crippen molar-refractivity contribution in [3.63, 3.8) is 0 Å². The molecule has 2 saturated heterocycles. The molecule has 2 aromatic carbocycles. The molecular formula is C27H27N3O7. The first-order chi connectivity index (χ1) is 17.3. The molecule has 5 rings (SSSR count). The number of ketones is 1. The minimum absolute atomic E-state index is 0.162. The SMILES string of the molecule is CC1(C)OC(=O)C2(C(=O)O1)[C@H](c1ccc([N+](=O)[O-])cc1)[C@@H](C(=O)C(C)(C)C)N1N=Cc3ccccc3[C@H]12. The van der Waals surface area contributed by atoms with Crippen LogP contribution < -0.4 is 0 Å². The summed E-state index contributed by atoms with van der Waals surface area (Å²) in [5.41, 5.74) is -1.31. The Bertz CT molecular complexity index is 1340. The largest absolute Gasteiger partial charge is 0.422 e. The number of carbonyl (C=O) groups is 3. The van der Waals surface area contributed by atoms with E-state index in [-0.39, 0.29) is 11.5 Å². The summed E-state index contributed by atoms with van der Waals surface area (Å²) < 4.78 is 11.4. The molecule has 0 aromatic heterocycles. The summed E-state index contributed by atoms with van der Waals surface area (Å²) >= 11 is 0. The van der Waals surface area contributed by atoms with Gasteiger partial charge in [0.2, 0.25) is 5.41 Å². The molecule has 0 radical (unpaired) electrons. The third-order valence-electron chi connectivity index (χ3n) is 7.23. The number of carbonyl (C=O) groups excluding carboxylic acids is 3. The maximum absolute atomic E-state index is 14.1. The molecule has 10 nitrogen and oxygen atoms in total. The lowest BCUT2D eigenvalue weighted by atomic mass is 9.64. The number of hydrogen-bond acceptors (Lipinski definition) is 9. The Morgan fingerprint density at radius 2 is 1.62 bits per heavy atom. The van der Waals surface area contributed by atoms with Gasteiger partial charge >= 0.3 is 11.9 Å². The number of nitro benzene ring substituents is 1. The number of benzene rings is 2. The third-order valence-corrected chi connectivity index (χ3v) is 7.23. The lowest BCUT2D eigenvalue weighted by molar-refractivity contribution is -0.384. The molecule has 3 aliphatic rings. The second-order valence-electron chi connectivity index (χ2n) is 11.1. The number of rotatable bonds is 3. The fraction of sp³-hybridized carbons (Fsp3) is 0.407. The molecular weight excluding hydrogens is 478 g/mol. The van der Waals surface area contributed by atoms with Crippen molar-refractivity contribution in [2.45, 2.75) is 58.4 Å². The van der Waals surface area contributed by atoms with Crippen molar-refractivity contribution in [1.82, 2.24) is 5.01 Å². The van der Waals surface area contributed by atoms with Crippen LogP contribution in [0.4, 0.5) is 5.69 Å². The molecule has 0 saturated carbocycles.